The van der Waals surface area contributed by atoms with Crippen LogP contribution in [0.25, 0.3) is 0 Å². The third-order valence-electron chi connectivity index (χ3n) is 2.27. The van der Waals surface area contributed by atoms with Gasteiger partial charge in [0, 0.05) is 6.20 Å². The summed E-state index contributed by atoms with van der Waals surface area (Å²) in [7, 11) is 0. The van der Waals surface area contributed by atoms with E-state index in [0.29, 0.717) is 5.69 Å². The summed E-state index contributed by atoms with van der Waals surface area (Å²) < 4.78 is 1.63. The first kappa shape index (κ1) is 13.1. The number of nitrogens with zero attached hydrogens (tertiary/aromatic N) is 4. The van der Waals surface area contributed by atoms with Crippen LogP contribution in [0.3, 0.4) is 0 Å². The summed E-state index contributed by atoms with van der Waals surface area (Å²) in [4.78, 5) is 24.6. The van der Waals surface area contributed by atoms with E-state index in [4.69, 9.17) is 5.11 Å². The Bertz CT molecular complexity index is 637. The van der Waals surface area contributed by atoms with Gasteiger partial charge in [0.15, 0.2) is 0 Å². The largest absolute Gasteiger partial charge is 0.478 e. The van der Waals surface area contributed by atoms with E-state index in [1.165, 1.54) is 29.2 Å². The summed E-state index contributed by atoms with van der Waals surface area (Å²) in [6, 6.07) is 2.95. The van der Waals surface area contributed by atoms with E-state index < -0.39 is 10.9 Å². The highest BCUT2D eigenvalue weighted by Crippen LogP contribution is 2.22. The molecular formula is C10H7BrN4O4. The van der Waals surface area contributed by atoms with Crippen LogP contribution in [0.5, 0.6) is 0 Å². The van der Waals surface area contributed by atoms with Gasteiger partial charge in [0.1, 0.15) is 11.0 Å². The zero-order chi connectivity index (χ0) is 14.0. The lowest BCUT2D eigenvalue weighted by molar-refractivity contribution is -0.390. The Hall–Kier alpha value is -2.29. The standard InChI is InChI=1S/C10H7BrN4O4/c11-8-5-14(13-9(8)15(18)19)4-7-2-1-6(3-12-7)10(16)17/h1-3,5H,4H2,(H,16,17). The van der Waals surface area contributed by atoms with Gasteiger partial charge < -0.3 is 15.2 Å². The second-order valence-electron chi connectivity index (χ2n) is 3.60. The summed E-state index contributed by atoms with van der Waals surface area (Å²) >= 11 is 3.04. The summed E-state index contributed by atoms with van der Waals surface area (Å²) in [6.07, 6.45) is 2.69. The van der Waals surface area contributed by atoms with Gasteiger partial charge >= 0.3 is 11.8 Å². The van der Waals surface area contributed by atoms with Gasteiger partial charge in [-0.3, -0.25) is 4.98 Å². The third kappa shape index (κ3) is 2.94. The molecule has 0 unspecified atom stereocenters. The molecule has 0 saturated carbocycles. The summed E-state index contributed by atoms with van der Waals surface area (Å²) in [5, 5.41) is 23.1. The molecule has 0 radical (unpaired) electrons. The minimum absolute atomic E-state index is 0.0800. The van der Waals surface area contributed by atoms with Crippen molar-refractivity contribution in [1.29, 1.82) is 0 Å². The highest BCUT2D eigenvalue weighted by Gasteiger charge is 2.18. The van der Waals surface area contributed by atoms with Gasteiger partial charge in [-0.25, -0.2) is 4.79 Å². The fourth-order valence-electron chi connectivity index (χ4n) is 1.40. The smallest absolute Gasteiger partial charge is 0.404 e. The van der Waals surface area contributed by atoms with Crippen molar-refractivity contribution in [2.75, 3.05) is 0 Å². The molecule has 1 N–H and O–H groups in total. The van der Waals surface area contributed by atoms with E-state index in [0.717, 1.165) is 0 Å². The second-order valence-corrected chi connectivity index (χ2v) is 4.45. The topological polar surface area (TPSA) is 111 Å². The van der Waals surface area contributed by atoms with Gasteiger partial charge in [-0.15, -0.1) is 0 Å². The number of pyridine rings is 1. The Labute approximate surface area is 115 Å². The number of hydrogen-bond donors (Lipinski definition) is 1. The fourth-order valence-corrected chi connectivity index (χ4v) is 1.86. The van der Waals surface area contributed by atoms with Crippen LogP contribution in [0.4, 0.5) is 5.82 Å². The lowest BCUT2D eigenvalue weighted by atomic mass is 10.2. The number of hydrogen-bond acceptors (Lipinski definition) is 5. The lowest BCUT2D eigenvalue weighted by Gasteiger charge is -1.98. The minimum Gasteiger partial charge on any atom is -0.478 e. The van der Waals surface area contributed by atoms with Crippen LogP contribution < -0.4 is 0 Å². The highest BCUT2D eigenvalue weighted by molar-refractivity contribution is 9.10. The molecule has 2 rings (SSSR count). The first-order chi connectivity index (χ1) is 8.97. The molecule has 0 aliphatic heterocycles. The number of carboxylic acid groups (broad SMARTS) is 1. The minimum atomic E-state index is -1.06. The number of aromatic carboxylic acids is 1. The van der Waals surface area contributed by atoms with Crippen molar-refractivity contribution in [3.05, 3.63) is 50.4 Å². The van der Waals surface area contributed by atoms with Crippen molar-refractivity contribution in [1.82, 2.24) is 14.8 Å². The average molecular weight is 327 g/mol. The monoisotopic (exact) mass is 326 g/mol. The Morgan fingerprint density at radius 1 is 1.53 bits per heavy atom. The SMILES string of the molecule is O=C(O)c1ccc(Cn2cc(Br)c([N+](=O)[O-])n2)nc1. The molecule has 2 aromatic rings. The van der Waals surface area contributed by atoms with Crippen molar-refractivity contribution in [2.24, 2.45) is 0 Å². The molecule has 0 bridgehead atoms. The van der Waals surface area contributed by atoms with Crippen molar-refractivity contribution in [3.8, 4) is 0 Å². The van der Waals surface area contributed by atoms with Gasteiger partial charge in [-0.05, 0) is 33.0 Å². The number of nitro groups is 1. The Morgan fingerprint density at radius 2 is 2.26 bits per heavy atom. The molecular weight excluding hydrogens is 320 g/mol. The maximum absolute atomic E-state index is 10.7. The normalized spacial score (nSPS) is 10.4. The number of carbonyl (C=O) groups is 1. The molecule has 8 nitrogen and oxygen atoms in total. The molecule has 0 aliphatic rings. The molecule has 2 aromatic heterocycles. The Balaban J connectivity index is 2.19. The van der Waals surface area contributed by atoms with Crippen molar-refractivity contribution < 1.29 is 14.8 Å². The van der Waals surface area contributed by atoms with Crippen LogP contribution in [0.2, 0.25) is 0 Å². The molecule has 9 heteroatoms. The molecule has 0 amide bonds. The average Bonchev–Trinajstić information content (AvgIpc) is 2.71. The summed E-state index contributed by atoms with van der Waals surface area (Å²) in [5.41, 5.74) is 0.631. The van der Waals surface area contributed by atoms with Gasteiger partial charge in [0.25, 0.3) is 0 Å². The van der Waals surface area contributed by atoms with Gasteiger partial charge in [-0.1, -0.05) is 0 Å². The van der Waals surface area contributed by atoms with Crippen LogP contribution in [0.15, 0.2) is 29.0 Å². The molecule has 2 heterocycles. The molecule has 0 spiro atoms. The molecule has 19 heavy (non-hydrogen) atoms. The van der Waals surface area contributed by atoms with Gasteiger partial charge in [-0.2, -0.15) is 4.68 Å². The lowest BCUT2D eigenvalue weighted by Crippen LogP contribution is -2.04. The van der Waals surface area contributed by atoms with Crippen LogP contribution in [0, 0.1) is 10.1 Å². The van der Waals surface area contributed by atoms with Gasteiger partial charge in [0.05, 0.1) is 22.6 Å². The van der Waals surface area contributed by atoms with Crippen molar-refractivity contribution >= 4 is 27.7 Å². The van der Waals surface area contributed by atoms with Crippen molar-refractivity contribution in [2.45, 2.75) is 6.54 Å². The number of halogens is 1. The summed E-state index contributed by atoms with van der Waals surface area (Å²) in [6.45, 7) is 0.215. The van der Waals surface area contributed by atoms with E-state index in [-0.39, 0.29) is 22.4 Å². The highest BCUT2D eigenvalue weighted by atomic mass is 79.9. The van der Waals surface area contributed by atoms with E-state index in [2.05, 4.69) is 26.0 Å². The molecule has 0 aliphatic carbocycles. The molecule has 0 fully saturated rings. The van der Waals surface area contributed by atoms with Crippen molar-refractivity contribution in [3.63, 3.8) is 0 Å². The summed E-state index contributed by atoms with van der Waals surface area (Å²) in [5.74, 6) is -1.33. The first-order valence-electron chi connectivity index (χ1n) is 5.03. The Kier molecular flexibility index (Phi) is 3.56. The van der Waals surface area contributed by atoms with E-state index in [9.17, 15) is 14.9 Å². The van der Waals surface area contributed by atoms with E-state index in [1.807, 2.05) is 0 Å². The van der Waals surface area contributed by atoms with E-state index in [1.54, 1.807) is 0 Å². The molecule has 0 saturated heterocycles. The third-order valence-corrected chi connectivity index (χ3v) is 2.83. The zero-order valence-electron chi connectivity index (χ0n) is 9.36. The maximum atomic E-state index is 10.7. The quantitative estimate of drug-likeness (QED) is 0.676. The van der Waals surface area contributed by atoms with Gasteiger partial charge in [0.2, 0.25) is 0 Å². The van der Waals surface area contributed by atoms with Crippen LogP contribution in [0.1, 0.15) is 16.1 Å². The second kappa shape index (κ2) is 5.14. The predicted molar refractivity (Wildman–Crippen MR) is 66.9 cm³/mol. The maximum Gasteiger partial charge on any atom is 0.404 e. The predicted octanol–water partition coefficient (Wildman–Crippen LogP) is 1.70. The number of carboxylic acids is 1. The van der Waals surface area contributed by atoms with Crippen LogP contribution >= 0.6 is 15.9 Å². The molecule has 0 aromatic carbocycles. The molecule has 0 atom stereocenters. The number of rotatable bonds is 4. The van der Waals surface area contributed by atoms with E-state index >= 15 is 0 Å². The number of aromatic nitrogens is 3. The van der Waals surface area contributed by atoms with Crippen LogP contribution in [-0.4, -0.2) is 30.8 Å². The fraction of sp³-hybridized carbons (Fsp3) is 0.100. The molecule has 98 valence electrons. The first-order valence-corrected chi connectivity index (χ1v) is 5.82. The zero-order valence-corrected chi connectivity index (χ0v) is 10.9. The van der Waals surface area contributed by atoms with Crippen LogP contribution in [-0.2, 0) is 6.54 Å². The Morgan fingerprint density at radius 3 is 2.74 bits per heavy atom.